The summed E-state index contributed by atoms with van der Waals surface area (Å²) in [6, 6.07) is 6.76. The van der Waals surface area contributed by atoms with E-state index in [-0.39, 0.29) is 17.8 Å². The third kappa shape index (κ3) is 6.02. The molecule has 3 aliphatic heterocycles. The number of aryl methyl sites for hydroxylation is 2. The van der Waals surface area contributed by atoms with E-state index in [1.165, 1.54) is 4.88 Å². The van der Waals surface area contributed by atoms with Crippen LogP contribution in [0.5, 0.6) is 0 Å². The number of carbonyl (C=O) groups excluding carboxylic acids is 3. The number of thiophene rings is 1. The number of benzene rings is 1. The van der Waals surface area contributed by atoms with Crippen LogP contribution in [0.2, 0.25) is 0 Å². The first-order valence-electron chi connectivity index (χ1n) is 13.9. The van der Waals surface area contributed by atoms with E-state index in [1.807, 2.05) is 41.0 Å². The first-order valence-corrected chi connectivity index (χ1v) is 15.1. The average molecular weight is 568 g/mol. The van der Waals surface area contributed by atoms with Crippen molar-refractivity contribution in [2.24, 2.45) is 0 Å². The second-order valence-corrected chi connectivity index (χ2v) is 12.3. The molecule has 2 saturated heterocycles. The highest BCUT2D eigenvalue weighted by molar-refractivity contribution is 7.80. The molecule has 2 aromatic rings. The number of fused-ring (bicyclic) bond motifs is 1. The predicted molar refractivity (Wildman–Crippen MR) is 159 cm³/mol. The Hall–Kier alpha value is -2.82. The number of thiocarbonyl (C=S) groups is 1. The van der Waals surface area contributed by atoms with Crippen molar-refractivity contribution in [1.82, 2.24) is 20.0 Å². The maximum atomic E-state index is 13.4. The Bertz CT molecular complexity index is 1260. The number of nitrogens with zero attached hydrogens (tertiary/aromatic N) is 4. The molecule has 0 radical (unpaired) electrons. The fourth-order valence-electron chi connectivity index (χ4n) is 5.70. The van der Waals surface area contributed by atoms with Crippen molar-refractivity contribution < 1.29 is 14.4 Å². The molecule has 1 aromatic carbocycles. The van der Waals surface area contributed by atoms with Crippen molar-refractivity contribution in [2.75, 3.05) is 51.2 Å². The van der Waals surface area contributed by atoms with Gasteiger partial charge in [0.2, 0.25) is 0 Å². The van der Waals surface area contributed by atoms with Crippen LogP contribution in [0.25, 0.3) is 0 Å². The van der Waals surface area contributed by atoms with E-state index in [1.54, 1.807) is 16.2 Å². The molecule has 0 aliphatic carbocycles. The molecule has 8 nitrogen and oxygen atoms in total. The van der Waals surface area contributed by atoms with Crippen LogP contribution < -0.4 is 10.2 Å². The van der Waals surface area contributed by atoms with Crippen LogP contribution in [0.15, 0.2) is 29.6 Å². The van der Waals surface area contributed by atoms with Gasteiger partial charge in [-0.3, -0.25) is 9.59 Å². The van der Waals surface area contributed by atoms with Gasteiger partial charge in [0, 0.05) is 54.6 Å². The molecule has 2 fully saturated rings. The van der Waals surface area contributed by atoms with Crippen LogP contribution in [-0.2, 0) is 17.8 Å². The second kappa shape index (κ2) is 12.1. The fourth-order valence-corrected chi connectivity index (χ4v) is 6.95. The van der Waals surface area contributed by atoms with Gasteiger partial charge < -0.3 is 24.9 Å². The predicted octanol–water partition coefficient (Wildman–Crippen LogP) is 3.86. The Morgan fingerprint density at radius 1 is 1.00 bits per heavy atom. The maximum absolute atomic E-state index is 13.4. The summed E-state index contributed by atoms with van der Waals surface area (Å²) < 4.78 is 0. The lowest BCUT2D eigenvalue weighted by molar-refractivity contribution is -0.133. The van der Waals surface area contributed by atoms with Gasteiger partial charge in [-0.1, -0.05) is 18.3 Å². The number of hydrogen-bond acceptors (Lipinski definition) is 6. The van der Waals surface area contributed by atoms with Crippen molar-refractivity contribution >= 4 is 52.0 Å². The van der Waals surface area contributed by atoms with Gasteiger partial charge in [0.1, 0.15) is 6.04 Å². The molecular formula is C29H37N5O3S2. The van der Waals surface area contributed by atoms with E-state index in [2.05, 4.69) is 22.6 Å². The Balaban J connectivity index is 1.22. The van der Waals surface area contributed by atoms with Crippen molar-refractivity contribution in [3.63, 3.8) is 0 Å². The largest absolute Gasteiger partial charge is 0.339 e. The molecular weight excluding hydrogens is 530 g/mol. The SMILES string of the molecule is Cc1cc(C(=O)N2CCCCc3sccc32)ccc1CNC(=O)N1CCC(=S)[C@H]1C(=O)N1CCCN(C)CC1. The molecule has 0 spiro atoms. The Morgan fingerprint density at radius 3 is 2.67 bits per heavy atom. The number of likely N-dealkylation sites (N-methyl/N-ethyl adjacent to an activating group) is 1. The highest BCUT2D eigenvalue weighted by Crippen LogP contribution is 2.32. The fraction of sp³-hybridized carbons (Fsp3) is 0.517. The number of hydrogen-bond donors (Lipinski definition) is 1. The topological polar surface area (TPSA) is 76.2 Å². The Kier molecular flexibility index (Phi) is 8.64. The quantitative estimate of drug-likeness (QED) is 0.568. The van der Waals surface area contributed by atoms with E-state index in [4.69, 9.17) is 12.2 Å². The highest BCUT2D eigenvalue weighted by atomic mass is 32.1. The van der Waals surface area contributed by atoms with Gasteiger partial charge in [0.15, 0.2) is 0 Å². The Morgan fingerprint density at radius 2 is 1.85 bits per heavy atom. The molecule has 1 N–H and O–H groups in total. The van der Waals surface area contributed by atoms with Crippen molar-refractivity contribution in [3.8, 4) is 0 Å². The van der Waals surface area contributed by atoms with Crippen LogP contribution in [0.4, 0.5) is 10.5 Å². The monoisotopic (exact) mass is 567 g/mol. The average Bonchev–Trinajstić information content (AvgIpc) is 3.41. The first-order chi connectivity index (χ1) is 18.8. The van der Waals surface area contributed by atoms with Gasteiger partial charge in [0.25, 0.3) is 11.8 Å². The minimum atomic E-state index is -0.680. The molecule has 4 heterocycles. The van der Waals surface area contributed by atoms with Crippen molar-refractivity contribution in [1.29, 1.82) is 0 Å². The van der Waals surface area contributed by atoms with Crippen LogP contribution >= 0.6 is 23.6 Å². The first kappa shape index (κ1) is 27.7. The smallest absolute Gasteiger partial charge is 0.318 e. The highest BCUT2D eigenvalue weighted by Gasteiger charge is 2.40. The summed E-state index contributed by atoms with van der Waals surface area (Å²) in [6.45, 7) is 6.57. The number of urea groups is 1. The molecule has 1 atom stereocenters. The van der Waals surface area contributed by atoms with Gasteiger partial charge >= 0.3 is 6.03 Å². The zero-order valence-corrected chi connectivity index (χ0v) is 24.4. The van der Waals surface area contributed by atoms with E-state index in [0.29, 0.717) is 43.0 Å². The molecule has 0 bridgehead atoms. The number of carbonyl (C=O) groups is 3. The summed E-state index contributed by atoms with van der Waals surface area (Å²) in [6.07, 6.45) is 4.59. The minimum absolute atomic E-state index is 0.0156. The summed E-state index contributed by atoms with van der Waals surface area (Å²) in [5, 5.41) is 5.05. The van der Waals surface area contributed by atoms with E-state index in [0.717, 1.165) is 62.1 Å². The van der Waals surface area contributed by atoms with Gasteiger partial charge in [-0.05, 0) is 87.3 Å². The number of anilines is 1. The lowest BCUT2D eigenvalue weighted by Crippen LogP contribution is -2.53. The van der Waals surface area contributed by atoms with Gasteiger partial charge in [-0.2, -0.15) is 0 Å². The molecule has 0 unspecified atom stereocenters. The van der Waals surface area contributed by atoms with Gasteiger partial charge in [-0.15, -0.1) is 11.3 Å². The van der Waals surface area contributed by atoms with Gasteiger partial charge in [-0.25, -0.2) is 4.79 Å². The number of nitrogens with one attached hydrogen (secondary N) is 1. The minimum Gasteiger partial charge on any atom is -0.339 e. The molecule has 3 aliphatic rings. The summed E-state index contributed by atoms with van der Waals surface area (Å²) in [5.74, 6) is -0.0498. The molecule has 0 saturated carbocycles. The number of rotatable bonds is 4. The summed E-state index contributed by atoms with van der Waals surface area (Å²) >= 11 is 7.26. The van der Waals surface area contributed by atoms with E-state index >= 15 is 0 Å². The number of likely N-dealkylation sites (tertiary alicyclic amines) is 1. The van der Waals surface area contributed by atoms with Crippen LogP contribution in [0.3, 0.4) is 0 Å². The van der Waals surface area contributed by atoms with Gasteiger partial charge in [0.05, 0.1) is 5.69 Å². The molecule has 39 heavy (non-hydrogen) atoms. The van der Waals surface area contributed by atoms with Crippen LogP contribution in [0, 0.1) is 6.92 Å². The molecule has 1 aromatic heterocycles. The summed E-state index contributed by atoms with van der Waals surface area (Å²) in [4.78, 5) is 49.5. The van der Waals surface area contributed by atoms with Crippen molar-refractivity contribution in [3.05, 3.63) is 51.2 Å². The number of amides is 4. The van der Waals surface area contributed by atoms with Crippen LogP contribution in [-0.4, -0.2) is 89.8 Å². The third-order valence-corrected chi connectivity index (χ3v) is 9.45. The Labute approximate surface area is 239 Å². The molecule has 5 rings (SSSR count). The lowest BCUT2D eigenvalue weighted by Gasteiger charge is -2.29. The van der Waals surface area contributed by atoms with Crippen molar-refractivity contribution in [2.45, 2.75) is 51.6 Å². The zero-order valence-electron chi connectivity index (χ0n) is 22.8. The summed E-state index contributed by atoms with van der Waals surface area (Å²) in [7, 11) is 2.06. The normalized spacial score (nSPS) is 20.4. The van der Waals surface area contributed by atoms with E-state index < -0.39 is 6.04 Å². The lowest BCUT2D eigenvalue weighted by atomic mass is 10.0. The zero-order chi connectivity index (χ0) is 27.5. The van der Waals surface area contributed by atoms with E-state index in [9.17, 15) is 14.4 Å². The standard InChI is InChI=1S/C29H37N5O3S2/c1-20-18-21(27(35)33-13-4-3-6-25-23(33)10-17-39-25)7-8-22(20)19-30-29(37)34-14-9-24(38)26(34)28(36)32-12-5-11-31(2)15-16-32/h7-8,10,17-18,26H,3-6,9,11-16,19H2,1-2H3,(H,30,37)/t26-/m0/s1. The summed E-state index contributed by atoms with van der Waals surface area (Å²) in [5.41, 5.74) is 3.57. The third-order valence-electron chi connectivity index (χ3n) is 8.05. The maximum Gasteiger partial charge on any atom is 0.318 e. The second-order valence-electron chi connectivity index (χ2n) is 10.7. The van der Waals surface area contributed by atoms with Crippen LogP contribution in [0.1, 0.15) is 52.0 Å². The molecule has 4 amide bonds. The molecule has 10 heteroatoms. The molecule has 208 valence electrons.